The van der Waals surface area contributed by atoms with Gasteiger partial charge in [0.2, 0.25) is 0 Å². The molecule has 0 fully saturated rings. The fourth-order valence-corrected chi connectivity index (χ4v) is 1.26. The average Bonchev–Trinajstić information content (AvgIpc) is 1.83. The molecule has 66 valence electrons. The van der Waals surface area contributed by atoms with Gasteiger partial charge in [-0.3, -0.25) is 0 Å². The molecule has 0 saturated heterocycles. The smallest absolute Gasteiger partial charge is 0.128 e. The molecule has 1 aromatic carbocycles. The van der Waals surface area contributed by atoms with Crippen molar-refractivity contribution in [3.05, 3.63) is 34.6 Å². The molecule has 0 saturated carbocycles. The minimum absolute atomic E-state index is 0.158. The van der Waals surface area contributed by atoms with Crippen LogP contribution in [0, 0.1) is 5.82 Å². The molecular weight excluding hydrogens is 175 g/mol. The SMILES string of the molecule is CC(C)(C)c1ccc(Cl)cc1F. The third-order valence-electron chi connectivity index (χ3n) is 1.74. The van der Waals surface area contributed by atoms with Gasteiger partial charge in [-0.25, -0.2) is 4.39 Å². The van der Waals surface area contributed by atoms with Gasteiger partial charge in [0.15, 0.2) is 0 Å². The van der Waals surface area contributed by atoms with Crippen molar-refractivity contribution in [2.75, 3.05) is 0 Å². The first-order chi connectivity index (χ1) is 5.41. The Morgan fingerprint density at radius 1 is 1.25 bits per heavy atom. The second-order valence-corrected chi connectivity index (χ2v) is 4.31. The third kappa shape index (κ3) is 1.98. The van der Waals surface area contributed by atoms with E-state index >= 15 is 0 Å². The van der Waals surface area contributed by atoms with Crippen LogP contribution in [0.5, 0.6) is 0 Å². The van der Waals surface area contributed by atoms with E-state index in [1.165, 1.54) is 6.07 Å². The zero-order valence-corrected chi connectivity index (χ0v) is 8.24. The summed E-state index contributed by atoms with van der Waals surface area (Å²) in [7, 11) is 0. The average molecular weight is 187 g/mol. The van der Waals surface area contributed by atoms with Gasteiger partial charge in [-0.2, -0.15) is 0 Å². The highest BCUT2D eigenvalue weighted by Gasteiger charge is 2.17. The lowest BCUT2D eigenvalue weighted by Crippen LogP contribution is -2.13. The zero-order chi connectivity index (χ0) is 9.35. The summed E-state index contributed by atoms with van der Waals surface area (Å²) in [6.07, 6.45) is 0. The summed E-state index contributed by atoms with van der Waals surface area (Å²) in [5, 5.41) is 0.445. The van der Waals surface area contributed by atoms with Crippen LogP contribution in [0.1, 0.15) is 26.3 Å². The van der Waals surface area contributed by atoms with Crippen molar-refractivity contribution in [1.82, 2.24) is 0 Å². The number of hydrogen-bond donors (Lipinski definition) is 0. The summed E-state index contributed by atoms with van der Waals surface area (Å²) in [6, 6.07) is 4.80. The van der Waals surface area contributed by atoms with Crippen LogP contribution >= 0.6 is 11.6 Å². The Hall–Kier alpha value is -0.560. The Morgan fingerprint density at radius 3 is 2.25 bits per heavy atom. The van der Waals surface area contributed by atoms with Crippen molar-refractivity contribution in [3.8, 4) is 0 Å². The summed E-state index contributed by atoms with van der Waals surface area (Å²) < 4.78 is 13.3. The lowest BCUT2D eigenvalue weighted by Gasteiger charge is -2.19. The van der Waals surface area contributed by atoms with Crippen molar-refractivity contribution in [3.63, 3.8) is 0 Å². The molecule has 0 nitrogen and oxygen atoms in total. The molecule has 0 aliphatic carbocycles. The maximum atomic E-state index is 13.3. The van der Waals surface area contributed by atoms with Gasteiger partial charge < -0.3 is 0 Å². The van der Waals surface area contributed by atoms with Crippen LogP contribution in [-0.4, -0.2) is 0 Å². The summed E-state index contributed by atoms with van der Waals surface area (Å²) >= 11 is 5.63. The minimum atomic E-state index is -0.227. The molecule has 0 atom stereocenters. The lowest BCUT2D eigenvalue weighted by atomic mass is 9.87. The van der Waals surface area contributed by atoms with Gasteiger partial charge in [0, 0.05) is 5.02 Å². The van der Waals surface area contributed by atoms with E-state index in [2.05, 4.69) is 0 Å². The maximum Gasteiger partial charge on any atom is 0.128 e. The quantitative estimate of drug-likeness (QED) is 0.579. The molecule has 2 heteroatoms. The monoisotopic (exact) mass is 186 g/mol. The second kappa shape index (κ2) is 3.06. The molecule has 0 aliphatic rings. The number of rotatable bonds is 0. The highest BCUT2D eigenvalue weighted by Crippen LogP contribution is 2.26. The molecule has 0 aliphatic heterocycles. The van der Waals surface area contributed by atoms with Gasteiger partial charge in [0.25, 0.3) is 0 Å². The first kappa shape index (κ1) is 9.53. The van der Waals surface area contributed by atoms with E-state index in [-0.39, 0.29) is 11.2 Å². The van der Waals surface area contributed by atoms with Crippen LogP contribution in [0.15, 0.2) is 18.2 Å². The minimum Gasteiger partial charge on any atom is -0.207 e. The van der Waals surface area contributed by atoms with E-state index in [0.29, 0.717) is 10.6 Å². The standard InChI is InChI=1S/C10H12ClF/c1-10(2,3)8-5-4-7(11)6-9(8)12/h4-6H,1-3H3. The molecule has 0 spiro atoms. The van der Waals surface area contributed by atoms with Crippen molar-refractivity contribution >= 4 is 11.6 Å². The number of benzene rings is 1. The Labute approximate surface area is 77.4 Å². The van der Waals surface area contributed by atoms with Crippen LogP contribution in [0.4, 0.5) is 4.39 Å². The molecule has 1 aromatic rings. The Morgan fingerprint density at radius 2 is 1.83 bits per heavy atom. The number of hydrogen-bond acceptors (Lipinski definition) is 0. The first-order valence-corrected chi connectivity index (χ1v) is 4.24. The molecular formula is C10H12ClF. The Bertz CT molecular complexity index is 286. The van der Waals surface area contributed by atoms with Crippen LogP contribution < -0.4 is 0 Å². The number of halogens is 2. The zero-order valence-electron chi connectivity index (χ0n) is 7.49. The molecule has 0 N–H and O–H groups in total. The van der Waals surface area contributed by atoms with Gasteiger partial charge in [-0.15, -0.1) is 0 Å². The summed E-state index contributed by atoms with van der Waals surface area (Å²) in [5.41, 5.74) is 0.543. The molecule has 0 radical (unpaired) electrons. The van der Waals surface area contributed by atoms with Gasteiger partial charge in [-0.1, -0.05) is 38.4 Å². The Balaban J connectivity index is 3.19. The summed E-state index contributed by atoms with van der Waals surface area (Å²) in [4.78, 5) is 0. The van der Waals surface area contributed by atoms with E-state index in [4.69, 9.17) is 11.6 Å². The van der Waals surface area contributed by atoms with Crippen molar-refractivity contribution < 1.29 is 4.39 Å². The molecule has 0 aromatic heterocycles. The van der Waals surface area contributed by atoms with Gasteiger partial charge >= 0.3 is 0 Å². The van der Waals surface area contributed by atoms with Crippen molar-refractivity contribution in [1.29, 1.82) is 0 Å². The predicted molar refractivity (Wildman–Crippen MR) is 50.1 cm³/mol. The fraction of sp³-hybridized carbons (Fsp3) is 0.400. The summed E-state index contributed by atoms with van der Waals surface area (Å²) in [5.74, 6) is -0.227. The summed E-state index contributed by atoms with van der Waals surface area (Å²) in [6.45, 7) is 5.91. The highest BCUT2D eigenvalue weighted by molar-refractivity contribution is 6.30. The molecule has 0 bridgehead atoms. The molecule has 0 unspecified atom stereocenters. The van der Waals surface area contributed by atoms with E-state index in [0.717, 1.165) is 0 Å². The van der Waals surface area contributed by atoms with Gasteiger partial charge in [0.1, 0.15) is 5.82 Å². The maximum absolute atomic E-state index is 13.3. The van der Waals surface area contributed by atoms with Gasteiger partial charge in [0.05, 0.1) is 0 Å². The topological polar surface area (TPSA) is 0 Å². The fourth-order valence-electron chi connectivity index (χ4n) is 1.10. The molecule has 0 amide bonds. The van der Waals surface area contributed by atoms with E-state index < -0.39 is 0 Å². The largest absolute Gasteiger partial charge is 0.207 e. The first-order valence-electron chi connectivity index (χ1n) is 3.87. The lowest BCUT2D eigenvalue weighted by molar-refractivity contribution is 0.523. The van der Waals surface area contributed by atoms with E-state index in [1.807, 2.05) is 20.8 Å². The molecule has 1 rings (SSSR count). The molecule has 0 heterocycles. The van der Waals surface area contributed by atoms with Crippen LogP contribution in [0.3, 0.4) is 0 Å². The van der Waals surface area contributed by atoms with Crippen LogP contribution in [-0.2, 0) is 5.41 Å². The van der Waals surface area contributed by atoms with Crippen LogP contribution in [0.2, 0.25) is 5.02 Å². The second-order valence-electron chi connectivity index (χ2n) is 3.87. The third-order valence-corrected chi connectivity index (χ3v) is 1.97. The Kier molecular flexibility index (Phi) is 2.43. The van der Waals surface area contributed by atoms with Crippen LogP contribution in [0.25, 0.3) is 0 Å². The van der Waals surface area contributed by atoms with Crippen molar-refractivity contribution in [2.45, 2.75) is 26.2 Å². The predicted octanol–water partition coefficient (Wildman–Crippen LogP) is 3.78. The van der Waals surface area contributed by atoms with E-state index in [1.54, 1.807) is 12.1 Å². The van der Waals surface area contributed by atoms with E-state index in [9.17, 15) is 4.39 Å². The van der Waals surface area contributed by atoms with Crippen molar-refractivity contribution in [2.24, 2.45) is 0 Å². The normalized spacial score (nSPS) is 11.8. The highest BCUT2D eigenvalue weighted by atomic mass is 35.5. The van der Waals surface area contributed by atoms with Gasteiger partial charge in [-0.05, 0) is 23.1 Å². The molecule has 12 heavy (non-hydrogen) atoms.